The first-order valence-electron chi connectivity index (χ1n) is 10.5. The van der Waals surface area contributed by atoms with Crippen molar-refractivity contribution in [3.05, 3.63) is 54.1 Å². The minimum absolute atomic E-state index is 0.268. The van der Waals surface area contributed by atoms with Crippen LogP contribution < -0.4 is 4.90 Å². The van der Waals surface area contributed by atoms with Gasteiger partial charge >= 0.3 is 0 Å². The lowest BCUT2D eigenvalue weighted by Gasteiger charge is -2.26. The summed E-state index contributed by atoms with van der Waals surface area (Å²) < 4.78 is 30.6. The number of nitrogens with zero attached hydrogens (tertiary/aromatic N) is 6. The molecule has 0 unspecified atom stereocenters. The normalized spacial score (nSPS) is 17.2. The average Bonchev–Trinajstić information content (AvgIpc) is 3.41. The Morgan fingerprint density at radius 1 is 1.19 bits per heavy atom. The van der Waals surface area contributed by atoms with Crippen LogP contribution in [0.3, 0.4) is 0 Å². The Morgan fingerprint density at radius 3 is 2.58 bits per heavy atom. The second kappa shape index (κ2) is 8.39. The summed E-state index contributed by atoms with van der Waals surface area (Å²) in [4.78, 5) is 11.4. The van der Waals surface area contributed by atoms with Crippen molar-refractivity contribution < 1.29 is 8.42 Å². The third-order valence-corrected chi connectivity index (χ3v) is 7.63. The quantitative estimate of drug-likeness (QED) is 0.585. The minimum atomic E-state index is -3.71. The molecular formula is C22H28N6O2S. The smallest absolute Gasteiger partial charge is 0.247 e. The molecule has 164 valence electrons. The maximum Gasteiger partial charge on any atom is 0.247 e. The standard InChI is InChI=1S/C22H28N6O2S/c1-5-27-15-20(16(2)25-27)31(29,30)28-13-9-12-19(28)21-18(17-10-7-6-8-11-17)14-23-22(24-21)26(3)4/h6-8,10-11,14-15,19H,5,9,12-13H2,1-4H3/t19-/m1/s1. The van der Waals surface area contributed by atoms with Crippen molar-refractivity contribution in [3.63, 3.8) is 0 Å². The van der Waals surface area contributed by atoms with Crippen molar-refractivity contribution in [1.29, 1.82) is 0 Å². The van der Waals surface area contributed by atoms with Gasteiger partial charge in [0.15, 0.2) is 0 Å². The molecule has 0 radical (unpaired) electrons. The van der Waals surface area contributed by atoms with Crippen LogP contribution in [0.5, 0.6) is 0 Å². The van der Waals surface area contributed by atoms with Gasteiger partial charge in [0.25, 0.3) is 0 Å². The molecule has 2 aromatic heterocycles. The topological polar surface area (TPSA) is 84.2 Å². The van der Waals surface area contributed by atoms with Crippen molar-refractivity contribution in [1.82, 2.24) is 24.1 Å². The maximum atomic E-state index is 13.7. The Labute approximate surface area is 183 Å². The van der Waals surface area contributed by atoms with E-state index in [1.165, 1.54) is 0 Å². The van der Waals surface area contributed by atoms with E-state index in [1.54, 1.807) is 28.3 Å². The second-order valence-corrected chi connectivity index (χ2v) is 9.80. The Hall–Kier alpha value is -2.78. The summed E-state index contributed by atoms with van der Waals surface area (Å²) in [5.74, 6) is 0.564. The molecule has 1 aliphatic heterocycles. The third-order valence-electron chi connectivity index (χ3n) is 5.62. The summed E-state index contributed by atoms with van der Waals surface area (Å²) in [5, 5.41) is 4.35. The highest BCUT2D eigenvalue weighted by molar-refractivity contribution is 7.89. The second-order valence-electron chi connectivity index (χ2n) is 7.94. The van der Waals surface area contributed by atoms with Crippen LogP contribution in [-0.2, 0) is 16.6 Å². The minimum Gasteiger partial charge on any atom is -0.347 e. The molecule has 31 heavy (non-hydrogen) atoms. The summed E-state index contributed by atoms with van der Waals surface area (Å²) in [6.45, 7) is 4.76. The van der Waals surface area contributed by atoms with Gasteiger partial charge in [-0.05, 0) is 32.3 Å². The molecule has 1 aliphatic rings. The van der Waals surface area contributed by atoms with Crippen LogP contribution in [0, 0.1) is 6.92 Å². The number of sulfonamides is 1. The molecule has 3 heterocycles. The first-order valence-corrected chi connectivity index (χ1v) is 11.9. The van der Waals surface area contributed by atoms with Gasteiger partial charge in [0.1, 0.15) is 4.90 Å². The van der Waals surface area contributed by atoms with E-state index in [-0.39, 0.29) is 10.9 Å². The van der Waals surface area contributed by atoms with Crippen molar-refractivity contribution in [2.45, 2.75) is 44.2 Å². The fourth-order valence-electron chi connectivity index (χ4n) is 4.04. The third kappa shape index (κ3) is 3.95. The SMILES string of the molecule is CCn1cc(S(=O)(=O)N2CCC[C@@H]2c2nc(N(C)C)ncc2-c2ccccc2)c(C)n1. The van der Waals surface area contributed by atoms with Gasteiger partial charge in [0.05, 0.1) is 17.4 Å². The van der Waals surface area contributed by atoms with Crippen LogP contribution in [0.25, 0.3) is 11.1 Å². The molecule has 4 rings (SSSR count). The van der Waals surface area contributed by atoms with Crippen LogP contribution >= 0.6 is 0 Å². The number of hydrogen-bond acceptors (Lipinski definition) is 6. The average molecular weight is 441 g/mol. The van der Waals surface area contributed by atoms with Crippen molar-refractivity contribution >= 4 is 16.0 Å². The van der Waals surface area contributed by atoms with Gasteiger partial charge in [-0.1, -0.05) is 30.3 Å². The van der Waals surface area contributed by atoms with Crippen molar-refractivity contribution in [2.24, 2.45) is 0 Å². The molecule has 0 bridgehead atoms. The monoisotopic (exact) mass is 440 g/mol. The van der Waals surface area contributed by atoms with Gasteiger partial charge < -0.3 is 4.90 Å². The van der Waals surface area contributed by atoms with Gasteiger partial charge in [-0.15, -0.1) is 0 Å². The van der Waals surface area contributed by atoms with Crippen molar-refractivity contribution in [2.75, 3.05) is 25.5 Å². The van der Waals surface area contributed by atoms with E-state index in [2.05, 4.69) is 10.1 Å². The Kier molecular flexibility index (Phi) is 5.81. The first kappa shape index (κ1) is 21.5. The van der Waals surface area contributed by atoms with E-state index >= 15 is 0 Å². The largest absolute Gasteiger partial charge is 0.347 e. The van der Waals surface area contributed by atoms with Crippen LogP contribution in [0.15, 0.2) is 47.6 Å². The number of aromatic nitrogens is 4. The fourth-order valence-corrected chi connectivity index (χ4v) is 5.87. The van der Waals surface area contributed by atoms with Crippen molar-refractivity contribution in [3.8, 4) is 11.1 Å². The first-order chi connectivity index (χ1) is 14.8. The Balaban J connectivity index is 1.83. The zero-order valence-corrected chi connectivity index (χ0v) is 19.2. The highest BCUT2D eigenvalue weighted by Crippen LogP contribution is 2.40. The Bertz CT molecular complexity index is 1170. The summed E-state index contributed by atoms with van der Waals surface area (Å²) in [6, 6.07) is 9.53. The molecule has 8 nitrogen and oxygen atoms in total. The molecule has 0 N–H and O–H groups in total. The summed E-state index contributed by atoms with van der Waals surface area (Å²) in [6.07, 6.45) is 4.92. The molecule has 0 spiro atoms. The van der Waals surface area contributed by atoms with E-state index in [0.717, 1.165) is 23.2 Å². The number of aryl methyl sites for hydroxylation is 2. The Morgan fingerprint density at radius 2 is 1.94 bits per heavy atom. The van der Waals surface area contributed by atoms with E-state index in [0.29, 0.717) is 31.2 Å². The summed E-state index contributed by atoms with van der Waals surface area (Å²) in [7, 11) is 0.0518. The predicted octanol–water partition coefficient (Wildman–Crippen LogP) is 3.26. The highest BCUT2D eigenvalue weighted by Gasteiger charge is 2.40. The molecule has 1 fully saturated rings. The fraction of sp³-hybridized carbons (Fsp3) is 0.409. The molecule has 0 saturated carbocycles. The molecular weight excluding hydrogens is 412 g/mol. The maximum absolute atomic E-state index is 13.7. The van der Waals surface area contributed by atoms with Gasteiger partial charge in [0.2, 0.25) is 16.0 Å². The number of rotatable bonds is 6. The van der Waals surface area contributed by atoms with Crippen LogP contribution in [0.4, 0.5) is 5.95 Å². The van der Waals surface area contributed by atoms with Gasteiger partial charge in [-0.3, -0.25) is 4.68 Å². The van der Waals surface area contributed by atoms with Gasteiger partial charge in [-0.2, -0.15) is 9.40 Å². The number of anilines is 1. The molecule has 1 aromatic carbocycles. The van der Waals surface area contributed by atoms with Crippen LogP contribution in [0.1, 0.15) is 37.2 Å². The molecule has 1 atom stereocenters. The molecule has 0 aliphatic carbocycles. The molecule has 3 aromatic rings. The zero-order chi connectivity index (χ0) is 22.2. The van der Waals surface area contributed by atoms with Gasteiger partial charge in [-0.25, -0.2) is 18.4 Å². The van der Waals surface area contributed by atoms with E-state index in [9.17, 15) is 8.42 Å². The molecule has 0 amide bonds. The lowest BCUT2D eigenvalue weighted by Crippen LogP contribution is -2.32. The summed E-state index contributed by atoms with van der Waals surface area (Å²) in [5.41, 5.74) is 3.10. The predicted molar refractivity (Wildman–Crippen MR) is 120 cm³/mol. The van der Waals surface area contributed by atoms with Crippen LogP contribution in [0.2, 0.25) is 0 Å². The number of hydrogen-bond donors (Lipinski definition) is 0. The highest BCUT2D eigenvalue weighted by atomic mass is 32.2. The molecule has 9 heteroatoms. The van der Waals surface area contributed by atoms with Gasteiger partial charge in [0, 0.05) is 45.1 Å². The lowest BCUT2D eigenvalue weighted by molar-refractivity contribution is 0.390. The zero-order valence-electron chi connectivity index (χ0n) is 18.4. The summed E-state index contributed by atoms with van der Waals surface area (Å²) >= 11 is 0. The van der Waals surface area contributed by atoms with E-state index < -0.39 is 10.0 Å². The lowest BCUT2D eigenvalue weighted by atomic mass is 10.0. The van der Waals surface area contributed by atoms with Crippen LogP contribution in [-0.4, -0.2) is 53.1 Å². The van der Waals surface area contributed by atoms with E-state index in [1.807, 2.05) is 56.3 Å². The molecule has 1 saturated heterocycles. The van der Waals surface area contributed by atoms with E-state index in [4.69, 9.17) is 4.98 Å². The number of benzene rings is 1.